The summed E-state index contributed by atoms with van der Waals surface area (Å²) in [5, 5.41) is 4.86. The largest absolute Gasteiger partial charge is 0.309 e. The third-order valence-electron chi connectivity index (χ3n) is 8.40. The van der Waals surface area contributed by atoms with Gasteiger partial charge < -0.3 is 4.57 Å². The van der Waals surface area contributed by atoms with E-state index in [0.29, 0.717) is 0 Å². The summed E-state index contributed by atoms with van der Waals surface area (Å²) in [7, 11) is 0. The molecule has 1 aliphatic rings. The Kier molecular flexibility index (Phi) is 4.92. The van der Waals surface area contributed by atoms with E-state index in [1.807, 2.05) is 18.5 Å². The lowest BCUT2D eigenvalue weighted by Crippen LogP contribution is -1.95. The predicted molar refractivity (Wildman–Crippen MR) is 170 cm³/mol. The van der Waals surface area contributed by atoms with Crippen molar-refractivity contribution in [2.45, 2.75) is 6.92 Å². The molecule has 40 heavy (non-hydrogen) atoms. The Hall–Kier alpha value is -5.21. The molecule has 0 saturated heterocycles. The lowest BCUT2D eigenvalue weighted by molar-refractivity contribution is 1.19. The first-order chi connectivity index (χ1) is 19.8. The number of aromatic nitrogens is 2. The molecule has 0 atom stereocenters. The molecule has 2 aromatic heterocycles. The molecule has 1 aliphatic carbocycles. The van der Waals surface area contributed by atoms with Crippen LogP contribution in [-0.2, 0) is 0 Å². The van der Waals surface area contributed by atoms with Crippen molar-refractivity contribution in [2.24, 2.45) is 0 Å². The number of allylic oxidation sites excluding steroid dienone is 1. The van der Waals surface area contributed by atoms with Crippen LogP contribution in [0.25, 0.3) is 72.2 Å². The van der Waals surface area contributed by atoms with Gasteiger partial charge in [-0.15, -0.1) is 0 Å². The molecule has 188 valence electrons. The summed E-state index contributed by atoms with van der Waals surface area (Å²) in [5.74, 6) is 0. The lowest BCUT2D eigenvalue weighted by Gasteiger charge is -2.15. The fourth-order valence-electron chi connectivity index (χ4n) is 6.67. The molecule has 2 nitrogen and oxygen atoms in total. The van der Waals surface area contributed by atoms with Crippen LogP contribution in [0.5, 0.6) is 0 Å². The Morgan fingerprint density at radius 1 is 0.675 bits per heavy atom. The molecule has 0 unspecified atom stereocenters. The molecule has 7 aromatic rings. The lowest BCUT2D eigenvalue weighted by atomic mass is 9.90. The van der Waals surface area contributed by atoms with Gasteiger partial charge in [0.05, 0.1) is 11.0 Å². The minimum absolute atomic E-state index is 1.14. The molecule has 2 heterocycles. The van der Waals surface area contributed by atoms with Gasteiger partial charge in [0.1, 0.15) is 0 Å². The van der Waals surface area contributed by atoms with Gasteiger partial charge in [-0.3, -0.25) is 4.98 Å². The highest BCUT2D eigenvalue weighted by molar-refractivity contribution is 6.18. The van der Waals surface area contributed by atoms with E-state index in [0.717, 1.165) is 11.1 Å². The van der Waals surface area contributed by atoms with Crippen molar-refractivity contribution in [1.29, 1.82) is 0 Å². The zero-order chi connectivity index (χ0) is 26.8. The Morgan fingerprint density at radius 3 is 2.27 bits per heavy atom. The maximum absolute atomic E-state index is 4.37. The Morgan fingerprint density at radius 2 is 1.45 bits per heavy atom. The quantitative estimate of drug-likeness (QED) is 0.231. The fraction of sp³-hybridized carbons (Fsp3) is 0.0263. The van der Waals surface area contributed by atoms with Crippen molar-refractivity contribution >= 4 is 44.2 Å². The van der Waals surface area contributed by atoms with E-state index in [1.54, 1.807) is 0 Å². The highest BCUT2D eigenvalue weighted by Gasteiger charge is 2.26. The summed E-state index contributed by atoms with van der Waals surface area (Å²) < 4.78 is 2.39. The van der Waals surface area contributed by atoms with Crippen molar-refractivity contribution in [2.75, 3.05) is 0 Å². The van der Waals surface area contributed by atoms with Crippen LogP contribution in [0.1, 0.15) is 23.6 Å². The molecule has 0 spiro atoms. The molecule has 0 aliphatic heterocycles. The van der Waals surface area contributed by atoms with E-state index in [9.17, 15) is 0 Å². The maximum atomic E-state index is 4.37. The molecule has 0 amide bonds. The van der Waals surface area contributed by atoms with Gasteiger partial charge in [0.25, 0.3) is 0 Å². The monoisotopic (exact) mass is 510 g/mol. The summed E-state index contributed by atoms with van der Waals surface area (Å²) >= 11 is 0. The molecule has 0 N–H and O–H groups in total. The van der Waals surface area contributed by atoms with Crippen LogP contribution >= 0.6 is 0 Å². The van der Waals surface area contributed by atoms with Crippen LogP contribution in [-0.4, -0.2) is 9.55 Å². The standard InChI is InChI=1S/C38H26N2/c1-3-27-29(19-20-34-32-10-6-5-9-31(32)28(4-2)37(27)34)24-13-16-26(17-14-24)40-36-12-8-7-11-33(36)35-18-15-25-23-39-22-21-30(25)38(35)40/h3-23H,1H2,2H3/b28-4-. The summed E-state index contributed by atoms with van der Waals surface area (Å²) in [4.78, 5) is 4.37. The highest BCUT2D eigenvalue weighted by atomic mass is 15.0. The third-order valence-corrected chi connectivity index (χ3v) is 8.40. The Balaban J connectivity index is 1.32. The SMILES string of the molecule is C=Cc1c(-c2ccc(-n3c4ccccc4c4ccc5cnccc5c43)cc2)ccc2c1/C(=C\C)c1ccccc1-2. The molecule has 0 saturated carbocycles. The second-order valence-corrected chi connectivity index (χ2v) is 10.4. The van der Waals surface area contributed by atoms with Gasteiger partial charge in [-0.1, -0.05) is 97.6 Å². The maximum Gasteiger partial charge on any atom is 0.0620 e. The van der Waals surface area contributed by atoms with Crippen molar-refractivity contribution < 1.29 is 0 Å². The average Bonchev–Trinajstić information content (AvgIpc) is 3.54. The minimum atomic E-state index is 1.14. The normalized spacial score (nSPS) is 13.3. The van der Waals surface area contributed by atoms with Crippen molar-refractivity contribution in [3.63, 3.8) is 0 Å². The van der Waals surface area contributed by atoms with Gasteiger partial charge in [-0.05, 0) is 75.7 Å². The predicted octanol–water partition coefficient (Wildman–Crippen LogP) is 10.1. The van der Waals surface area contributed by atoms with Crippen molar-refractivity contribution in [3.8, 4) is 27.9 Å². The number of para-hydroxylation sites is 1. The second kappa shape index (κ2) is 8.65. The first-order valence-corrected chi connectivity index (χ1v) is 13.7. The summed E-state index contributed by atoms with van der Waals surface area (Å²) in [5.41, 5.74) is 13.6. The number of nitrogens with zero attached hydrogens (tertiary/aromatic N) is 2. The van der Waals surface area contributed by atoms with Gasteiger partial charge in [-0.25, -0.2) is 0 Å². The second-order valence-electron chi connectivity index (χ2n) is 10.4. The number of hydrogen-bond acceptors (Lipinski definition) is 1. The van der Waals surface area contributed by atoms with Crippen LogP contribution in [0.15, 0.2) is 128 Å². The summed E-state index contributed by atoms with van der Waals surface area (Å²) in [6.45, 7) is 6.37. The first kappa shape index (κ1) is 22.7. The van der Waals surface area contributed by atoms with E-state index in [-0.39, 0.29) is 0 Å². The third kappa shape index (κ3) is 3.08. The topological polar surface area (TPSA) is 17.8 Å². The molecule has 0 bridgehead atoms. The molecule has 0 radical (unpaired) electrons. The van der Waals surface area contributed by atoms with Gasteiger partial charge in [-0.2, -0.15) is 0 Å². The number of hydrogen-bond donors (Lipinski definition) is 0. The molecule has 0 fully saturated rings. The van der Waals surface area contributed by atoms with E-state index < -0.39 is 0 Å². The van der Waals surface area contributed by atoms with Gasteiger partial charge in [0.2, 0.25) is 0 Å². The van der Waals surface area contributed by atoms with Crippen LogP contribution in [0, 0.1) is 0 Å². The Bertz CT molecular complexity index is 2170. The van der Waals surface area contributed by atoms with Crippen LogP contribution in [0.4, 0.5) is 0 Å². The first-order valence-electron chi connectivity index (χ1n) is 13.7. The molecule has 5 aromatic carbocycles. The molecular weight excluding hydrogens is 484 g/mol. The van der Waals surface area contributed by atoms with Crippen molar-refractivity contribution in [3.05, 3.63) is 145 Å². The van der Waals surface area contributed by atoms with E-state index in [1.165, 1.54) is 71.7 Å². The van der Waals surface area contributed by atoms with Crippen LogP contribution in [0.2, 0.25) is 0 Å². The highest BCUT2D eigenvalue weighted by Crippen LogP contribution is 2.48. The molecule has 8 rings (SSSR count). The zero-order valence-electron chi connectivity index (χ0n) is 22.2. The molecular formula is C38H26N2. The smallest absolute Gasteiger partial charge is 0.0620 e. The fourth-order valence-corrected chi connectivity index (χ4v) is 6.67. The van der Waals surface area contributed by atoms with E-state index >= 15 is 0 Å². The average molecular weight is 511 g/mol. The van der Waals surface area contributed by atoms with Gasteiger partial charge in [0.15, 0.2) is 0 Å². The van der Waals surface area contributed by atoms with Crippen LogP contribution < -0.4 is 0 Å². The Labute approximate surface area is 233 Å². The minimum Gasteiger partial charge on any atom is -0.309 e. The summed E-state index contributed by atoms with van der Waals surface area (Å²) in [6.07, 6.45) is 8.08. The van der Waals surface area contributed by atoms with Gasteiger partial charge in [0, 0.05) is 39.6 Å². The van der Waals surface area contributed by atoms with Gasteiger partial charge >= 0.3 is 0 Å². The van der Waals surface area contributed by atoms with Crippen LogP contribution in [0.3, 0.4) is 0 Å². The number of pyridine rings is 1. The number of benzene rings is 5. The zero-order valence-corrected chi connectivity index (χ0v) is 22.2. The van der Waals surface area contributed by atoms with E-state index in [2.05, 4.69) is 132 Å². The number of fused-ring (bicyclic) bond motifs is 8. The van der Waals surface area contributed by atoms with E-state index in [4.69, 9.17) is 0 Å². The number of rotatable bonds is 3. The van der Waals surface area contributed by atoms with Crippen molar-refractivity contribution in [1.82, 2.24) is 9.55 Å². The molecule has 2 heteroatoms. The summed E-state index contributed by atoms with van der Waals surface area (Å²) in [6, 6.07) is 37.4.